The molecule has 0 N–H and O–H groups in total. The highest BCUT2D eigenvalue weighted by Gasteiger charge is 2.53. The summed E-state index contributed by atoms with van der Waals surface area (Å²) in [6.45, 7) is 12.7. The molecule has 0 radical (unpaired) electrons. The maximum Gasteiger partial charge on any atom is 0.490 e. The third-order valence-electron chi connectivity index (χ3n) is 6.00. The highest BCUT2D eigenvalue weighted by atomic mass is 16.7. The Morgan fingerprint density at radius 1 is 1.09 bits per heavy atom. The van der Waals surface area contributed by atoms with Gasteiger partial charge >= 0.3 is 7.12 Å². The lowest BCUT2D eigenvalue weighted by molar-refractivity contribution is 0.00578. The minimum absolute atomic E-state index is 0.236. The SMILES string of the molecule is C=C(B1OC(C)(C)C(C)(C)O1)C1CC(CCc2ccccc2)C1. The van der Waals surface area contributed by atoms with Crippen molar-refractivity contribution >= 4 is 7.12 Å². The van der Waals surface area contributed by atoms with Gasteiger partial charge in [-0.25, -0.2) is 0 Å². The molecule has 1 saturated carbocycles. The second-order valence-electron chi connectivity index (χ2n) is 8.22. The molecule has 0 aromatic heterocycles. The van der Waals surface area contributed by atoms with Gasteiger partial charge in [-0.05, 0) is 76.2 Å². The zero-order valence-corrected chi connectivity index (χ0v) is 15.0. The van der Waals surface area contributed by atoms with Gasteiger partial charge in [0, 0.05) is 0 Å². The van der Waals surface area contributed by atoms with E-state index in [4.69, 9.17) is 9.31 Å². The van der Waals surface area contributed by atoms with Crippen LogP contribution in [0.1, 0.15) is 52.5 Å². The van der Waals surface area contributed by atoms with Gasteiger partial charge in [-0.2, -0.15) is 0 Å². The molecule has 2 fully saturated rings. The summed E-state index contributed by atoms with van der Waals surface area (Å²) >= 11 is 0. The molecule has 2 nitrogen and oxygen atoms in total. The lowest BCUT2D eigenvalue weighted by Crippen LogP contribution is -2.41. The second kappa shape index (κ2) is 6.10. The first kappa shape index (κ1) is 16.8. The van der Waals surface area contributed by atoms with E-state index in [0.717, 1.165) is 11.4 Å². The van der Waals surface area contributed by atoms with Crippen molar-refractivity contribution in [2.24, 2.45) is 11.8 Å². The Hall–Kier alpha value is -1.06. The molecule has 1 heterocycles. The molecule has 0 bridgehead atoms. The lowest BCUT2D eigenvalue weighted by atomic mass is 9.60. The van der Waals surface area contributed by atoms with Crippen molar-refractivity contribution in [2.45, 2.75) is 64.6 Å². The van der Waals surface area contributed by atoms with Crippen molar-refractivity contribution in [3.05, 3.63) is 47.9 Å². The Morgan fingerprint density at radius 3 is 2.22 bits per heavy atom. The van der Waals surface area contributed by atoms with E-state index in [2.05, 4.69) is 64.6 Å². The zero-order valence-electron chi connectivity index (χ0n) is 15.0. The Bertz CT molecular complexity index is 542. The van der Waals surface area contributed by atoms with E-state index in [0.29, 0.717) is 5.92 Å². The molecule has 1 aliphatic heterocycles. The van der Waals surface area contributed by atoms with Crippen LogP contribution >= 0.6 is 0 Å². The Labute approximate surface area is 141 Å². The molecule has 1 aromatic carbocycles. The van der Waals surface area contributed by atoms with Gasteiger partial charge in [0.1, 0.15) is 0 Å². The molecule has 3 heteroatoms. The van der Waals surface area contributed by atoms with Gasteiger partial charge in [0.15, 0.2) is 0 Å². The molecule has 0 spiro atoms. The summed E-state index contributed by atoms with van der Waals surface area (Å²) in [7, 11) is -0.236. The number of hydrogen-bond acceptors (Lipinski definition) is 2. The highest BCUT2D eigenvalue weighted by Crippen LogP contribution is 2.45. The smallest absolute Gasteiger partial charge is 0.400 e. The summed E-state index contributed by atoms with van der Waals surface area (Å²) in [6, 6.07) is 10.8. The topological polar surface area (TPSA) is 18.5 Å². The van der Waals surface area contributed by atoms with E-state index in [1.807, 2.05) is 0 Å². The summed E-state index contributed by atoms with van der Waals surface area (Å²) in [5.74, 6) is 1.38. The fourth-order valence-corrected chi connectivity index (χ4v) is 3.48. The lowest BCUT2D eigenvalue weighted by Gasteiger charge is -2.37. The quantitative estimate of drug-likeness (QED) is 0.725. The Kier molecular flexibility index (Phi) is 4.46. The summed E-state index contributed by atoms with van der Waals surface area (Å²) in [5.41, 5.74) is 2.05. The molecule has 0 atom stereocenters. The van der Waals surface area contributed by atoms with Crippen LogP contribution < -0.4 is 0 Å². The second-order valence-corrected chi connectivity index (χ2v) is 8.22. The van der Waals surface area contributed by atoms with Crippen molar-refractivity contribution in [1.29, 1.82) is 0 Å². The van der Waals surface area contributed by atoms with Crippen LogP contribution in [0.2, 0.25) is 0 Å². The molecule has 2 aliphatic rings. The van der Waals surface area contributed by atoms with Crippen molar-refractivity contribution in [1.82, 2.24) is 0 Å². The standard InChI is InChI=1S/C20H29BO2/c1-15(21-22-19(2,3)20(4,5)23-21)18-13-17(14-18)12-11-16-9-7-6-8-10-16/h6-10,17-18H,1,11-14H2,2-5H3. The van der Waals surface area contributed by atoms with Gasteiger partial charge in [0.05, 0.1) is 11.2 Å². The van der Waals surface area contributed by atoms with Gasteiger partial charge < -0.3 is 9.31 Å². The van der Waals surface area contributed by atoms with Crippen LogP contribution in [-0.2, 0) is 15.7 Å². The molecule has 3 rings (SSSR count). The van der Waals surface area contributed by atoms with E-state index in [-0.39, 0.29) is 18.3 Å². The van der Waals surface area contributed by atoms with E-state index in [1.54, 1.807) is 0 Å². The number of benzene rings is 1. The van der Waals surface area contributed by atoms with Gasteiger partial charge in [0.25, 0.3) is 0 Å². The van der Waals surface area contributed by atoms with Crippen LogP contribution in [0, 0.1) is 11.8 Å². The fourth-order valence-electron chi connectivity index (χ4n) is 3.48. The van der Waals surface area contributed by atoms with Crippen molar-refractivity contribution in [2.75, 3.05) is 0 Å². The zero-order chi connectivity index (χ0) is 16.7. The van der Waals surface area contributed by atoms with Crippen LogP contribution in [0.5, 0.6) is 0 Å². The van der Waals surface area contributed by atoms with E-state index in [9.17, 15) is 0 Å². The number of rotatable bonds is 5. The van der Waals surface area contributed by atoms with Crippen molar-refractivity contribution in [3.63, 3.8) is 0 Å². The Balaban J connectivity index is 1.46. The van der Waals surface area contributed by atoms with E-state index >= 15 is 0 Å². The van der Waals surface area contributed by atoms with Crippen LogP contribution in [0.3, 0.4) is 0 Å². The molecular formula is C20H29BO2. The summed E-state index contributed by atoms with van der Waals surface area (Å²) in [5, 5.41) is 0. The molecule has 0 unspecified atom stereocenters. The Morgan fingerprint density at radius 2 is 1.65 bits per heavy atom. The third-order valence-corrected chi connectivity index (χ3v) is 6.00. The fraction of sp³-hybridized carbons (Fsp3) is 0.600. The monoisotopic (exact) mass is 312 g/mol. The summed E-state index contributed by atoms with van der Waals surface area (Å²) < 4.78 is 12.3. The largest absolute Gasteiger partial charge is 0.490 e. The van der Waals surface area contributed by atoms with Gasteiger partial charge in [-0.3, -0.25) is 0 Å². The molecule has 1 saturated heterocycles. The van der Waals surface area contributed by atoms with Gasteiger partial charge in [-0.15, -0.1) is 6.58 Å². The number of hydrogen-bond donors (Lipinski definition) is 0. The summed E-state index contributed by atoms with van der Waals surface area (Å²) in [4.78, 5) is 0. The first-order chi connectivity index (χ1) is 10.8. The normalized spacial score (nSPS) is 28.4. The highest BCUT2D eigenvalue weighted by molar-refractivity contribution is 6.54. The van der Waals surface area contributed by atoms with Crippen LogP contribution in [0.15, 0.2) is 42.4 Å². The van der Waals surface area contributed by atoms with Gasteiger partial charge in [-0.1, -0.05) is 30.3 Å². The minimum atomic E-state index is -0.267. The minimum Gasteiger partial charge on any atom is -0.400 e. The molecule has 1 aromatic rings. The predicted molar refractivity (Wildman–Crippen MR) is 96.2 cm³/mol. The molecule has 0 amide bonds. The predicted octanol–water partition coefficient (Wildman–Crippen LogP) is 4.83. The van der Waals surface area contributed by atoms with Gasteiger partial charge in [0.2, 0.25) is 0 Å². The maximum atomic E-state index is 6.13. The van der Waals surface area contributed by atoms with E-state index in [1.165, 1.54) is 31.2 Å². The van der Waals surface area contributed by atoms with Crippen LogP contribution in [0.4, 0.5) is 0 Å². The first-order valence-electron chi connectivity index (χ1n) is 8.87. The third kappa shape index (κ3) is 3.41. The average molecular weight is 312 g/mol. The van der Waals surface area contributed by atoms with Crippen LogP contribution in [0.25, 0.3) is 0 Å². The van der Waals surface area contributed by atoms with Crippen molar-refractivity contribution < 1.29 is 9.31 Å². The van der Waals surface area contributed by atoms with Crippen LogP contribution in [-0.4, -0.2) is 18.3 Å². The number of allylic oxidation sites excluding steroid dienone is 1. The molecule has 23 heavy (non-hydrogen) atoms. The molecule has 124 valence electrons. The van der Waals surface area contributed by atoms with E-state index < -0.39 is 0 Å². The van der Waals surface area contributed by atoms with Crippen molar-refractivity contribution in [3.8, 4) is 0 Å². The number of aryl methyl sites for hydroxylation is 1. The molecule has 1 aliphatic carbocycles. The summed E-state index contributed by atoms with van der Waals surface area (Å²) in [6.07, 6.45) is 4.92. The maximum absolute atomic E-state index is 6.13. The average Bonchev–Trinajstić information content (AvgIpc) is 2.66. The molecular weight excluding hydrogens is 283 g/mol. The first-order valence-corrected chi connectivity index (χ1v) is 8.87.